The number of aromatic nitrogens is 2. The van der Waals surface area contributed by atoms with Crippen molar-refractivity contribution in [2.45, 2.75) is 26.8 Å². The highest BCUT2D eigenvalue weighted by molar-refractivity contribution is 5.93. The van der Waals surface area contributed by atoms with Crippen molar-refractivity contribution in [1.29, 1.82) is 0 Å². The molecule has 0 radical (unpaired) electrons. The molecule has 1 aliphatic heterocycles. The van der Waals surface area contributed by atoms with Crippen LogP contribution in [-0.4, -0.2) is 81.3 Å². The van der Waals surface area contributed by atoms with Gasteiger partial charge in [-0.15, -0.1) is 0 Å². The maximum absolute atomic E-state index is 13.7. The molecule has 0 unspecified atom stereocenters. The topological polar surface area (TPSA) is 114 Å². The predicted octanol–water partition coefficient (Wildman–Crippen LogP) is 3.61. The van der Waals surface area contributed by atoms with E-state index in [1.54, 1.807) is 6.20 Å². The molecule has 1 N–H and O–H groups in total. The van der Waals surface area contributed by atoms with E-state index in [9.17, 15) is 19.5 Å². The molecule has 1 atom stereocenters. The number of amides is 2. The number of carbonyl (C=O) groups excluding carboxylic acids is 2. The van der Waals surface area contributed by atoms with Crippen LogP contribution in [0.1, 0.15) is 29.9 Å². The van der Waals surface area contributed by atoms with E-state index in [-0.39, 0.29) is 37.8 Å². The van der Waals surface area contributed by atoms with Crippen molar-refractivity contribution in [1.82, 2.24) is 19.4 Å². The third-order valence-electron chi connectivity index (χ3n) is 6.13. The first kappa shape index (κ1) is 25.7. The molecule has 1 aliphatic rings. The van der Waals surface area contributed by atoms with Crippen LogP contribution < -0.4 is 4.74 Å². The Balaban J connectivity index is 1.72. The molecule has 4 rings (SSSR count). The van der Waals surface area contributed by atoms with Gasteiger partial charge in [0.15, 0.2) is 0 Å². The molecule has 1 saturated heterocycles. The summed E-state index contributed by atoms with van der Waals surface area (Å²) in [4.78, 5) is 44.1. The van der Waals surface area contributed by atoms with Crippen molar-refractivity contribution in [3.8, 4) is 22.8 Å². The summed E-state index contributed by atoms with van der Waals surface area (Å²) in [7, 11) is 0. The lowest BCUT2D eigenvalue weighted by Crippen LogP contribution is -2.58. The second-order valence-corrected chi connectivity index (χ2v) is 8.80. The van der Waals surface area contributed by atoms with Crippen LogP contribution in [-0.2, 0) is 9.53 Å². The second kappa shape index (κ2) is 11.2. The normalized spacial score (nSPS) is 15.4. The Morgan fingerprint density at radius 3 is 2.54 bits per heavy atom. The molecule has 37 heavy (non-hydrogen) atoms. The van der Waals surface area contributed by atoms with E-state index in [0.29, 0.717) is 18.2 Å². The van der Waals surface area contributed by atoms with E-state index in [4.69, 9.17) is 14.5 Å². The number of ether oxygens (including phenoxy) is 2. The summed E-state index contributed by atoms with van der Waals surface area (Å²) in [6.45, 7) is 5.95. The molecule has 1 aromatic heterocycles. The van der Waals surface area contributed by atoms with Crippen LogP contribution in [0.2, 0.25) is 0 Å². The highest BCUT2D eigenvalue weighted by Crippen LogP contribution is 2.27. The molecule has 3 aromatic rings. The Morgan fingerprint density at radius 2 is 1.86 bits per heavy atom. The molecule has 1 fully saturated rings. The summed E-state index contributed by atoms with van der Waals surface area (Å²) < 4.78 is 12.7. The number of rotatable bonds is 7. The number of hydrogen-bond acceptors (Lipinski definition) is 6. The third kappa shape index (κ3) is 5.91. The highest BCUT2D eigenvalue weighted by Gasteiger charge is 2.35. The van der Waals surface area contributed by atoms with Gasteiger partial charge in [0.1, 0.15) is 23.9 Å². The van der Waals surface area contributed by atoms with Gasteiger partial charge in [0.2, 0.25) is 0 Å². The lowest BCUT2D eigenvalue weighted by molar-refractivity contribution is -0.143. The van der Waals surface area contributed by atoms with Gasteiger partial charge >= 0.3 is 12.1 Å². The Labute approximate surface area is 215 Å². The maximum atomic E-state index is 13.7. The van der Waals surface area contributed by atoms with Crippen molar-refractivity contribution in [3.63, 3.8) is 0 Å². The Hall–Kier alpha value is -4.34. The molecule has 0 saturated carbocycles. The minimum absolute atomic E-state index is 0.0380. The fourth-order valence-electron chi connectivity index (χ4n) is 4.28. The molecule has 2 amide bonds. The number of nitrogens with zero attached hydrogens (tertiary/aromatic N) is 4. The lowest BCUT2D eigenvalue weighted by Gasteiger charge is -2.39. The molecule has 2 heterocycles. The first-order chi connectivity index (χ1) is 17.8. The van der Waals surface area contributed by atoms with Gasteiger partial charge in [-0.05, 0) is 26.0 Å². The SMILES string of the molecule is CCOc1cccc(-n2cc(C(=O)N3CCN(C(=O)O)C[C@@H]3COC(C)=O)nc2-c2ccc(C)cc2)c1. The van der Waals surface area contributed by atoms with Crippen LogP contribution in [0.5, 0.6) is 5.75 Å². The van der Waals surface area contributed by atoms with Gasteiger partial charge in [-0.2, -0.15) is 0 Å². The average Bonchev–Trinajstić information content (AvgIpc) is 3.33. The summed E-state index contributed by atoms with van der Waals surface area (Å²) in [5, 5.41) is 9.44. The van der Waals surface area contributed by atoms with Crippen LogP contribution in [0.25, 0.3) is 17.1 Å². The zero-order valence-electron chi connectivity index (χ0n) is 21.1. The summed E-state index contributed by atoms with van der Waals surface area (Å²) in [5.74, 6) is 0.413. The van der Waals surface area contributed by atoms with Crippen molar-refractivity contribution in [2.75, 3.05) is 32.8 Å². The van der Waals surface area contributed by atoms with E-state index in [0.717, 1.165) is 16.8 Å². The minimum atomic E-state index is -1.08. The van der Waals surface area contributed by atoms with Crippen LogP contribution in [0.3, 0.4) is 0 Å². The van der Waals surface area contributed by atoms with E-state index in [1.165, 1.54) is 16.7 Å². The number of imidazole rings is 1. The van der Waals surface area contributed by atoms with Crippen LogP contribution in [0, 0.1) is 6.92 Å². The molecular weight excluding hydrogens is 476 g/mol. The van der Waals surface area contributed by atoms with Crippen molar-refractivity contribution in [3.05, 3.63) is 66.0 Å². The fourth-order valence-corrected chi connectivity index (χ4v) is 4.28. The Bertz CT molecular complexity index is 1290. The van der Waals surface area contributed by atoms with E-state index >= 15 is 0 Å². The summed E-state index contributed by atoms with van der Waals surface area (Å²) in [6.07, 6.45) is 0.592. The van der Waals surface area contributed by atoms with Crippen molar-refractivity contribution >= 4 is 18.0 Å². The number of aryl methyl sites for hydroxylation is 1. The van der Waals surface area contributed by atoms with E-state index < -0.39 is 18.1 Å². The molecule has 194 valence electrons. The van der Waals surface area contributed by atoms with Crippen LogP contribution in [0.15, 0.2) is 54.7 Å². The number of carboxylic acid groups (broad SMARTS) is 1. The first-order valence-corrected chi connectivity index (χ1v) is 12.1. The lowest BCUT2D eigenvalue weighted by atomic mass is 10.1. The maximum Gasteiger partial charge on any atom is 0.407 e. The van der Waals surface area contributed by atoms with Crippen LogP contribution in [0.4, 0.5) is 4.79 Å². The van der Waals surface area contributed by atoms with E-state index in [1.807, 2.05) is 66.9 Å². The van der Waals surface area contributed by atoms with Gasteiger partial charge in [-0.3, -0.25) is 14.2 Å². The predicted molar refractivity (Wildman–Crippen MR) is 136 cm³/mol. The smallest absolute Gasteiger partial charge is 0.407 e. The molecule has 0 bridgehead atoms. The first-order valence-electron chi connectivity index (χ1n) is 12.1. The highest BCUT2D eigenvalue weighted by atomic mass is 16.5. The van der Waals surface area contributed by atoms with Crippen molar-refractivity contribution < 1.29 is 29.0 Å². The molecule has 0 aliphatic carbocycles. The van der Waals surface area contributed by atoms with E-state index in [2.05, 4.69) is 0 Å². The van der Waals surface area contributed by atoms with Gasteiger partial charge in [0, 0.05) is 44.4 Å². The van der Waals surface area contributed by atoms with Crippen molar-refractivity contribution in [2.24, 2.45) is 0 Å². The van der Waals surface area contributed by atoms with Gasteiger partial charge < -0.3 is 24.4 Å². The number of carbonyl (C=O) groups is 3. The average molecular weight is 507 g/mol. The largest absolute Gasteiger partial charge is 0.494 e. The Kier molecular flexibility index (Phi) is 7.76. The monoisotopic (exact) mass is 506 g/mol. The fraction of sp³-hybridized carbons (Fsp3) is 0.333. The summed E-state index contributed by atoms with van der Waals surface area (Å²) in [5.41, 5.74) is 2.91. The minimum Gasteiger partial charge on any atom is -0.494 e. The summed E-state index contributed by atoms with van der Waals surface area (Å²) >= 11 is 0. The van der Waals surface area contributed by atoms with Gasteiger partial charge in [0.05, 0.1) is 18.3 Å². The standard InChI is InChI=1S/C27H30N4O6/c1-4-36-23-7-5-6-21(14-23)31-16-24(28-25(31)20-10-8-18(2)9-11-20)26(33)30-13-12-29(27(34)35)15-22(30)17-37-19(3)32/h5-11,14,16,22H,4,12-13,15,17H2,1-3H3,(H,34,35)/t22-/m1/s1. The summed E-state index contributed by atoms with van der Waals surface area (Å²) in [6, 6.07) is 14.8. The van der Waals surface area contributed by atoms with Gasteiger partial charge in [-0.25, -0.2) is 9.78 Å². The molecule has 0 spiro atoms. The molecular formula is C27H30N4O6. The molecule has 2 aromatic carbocycles. The number of benzene rings is 2. The number of hydrogen-bond donors (Lipinski definition) is 1. The number of piperazine rings is 1. The zero-order valence-corrected chi connectivity index (χ0v) is 21.1. The van der Waals surface area contributed by atoms with Gasteiger partial charge in [0.25, 0.3) is 5.91 Å². The van der Waals surface area contributed by atoms with Crippen LogP contribution >= 0.6 is 0 Å². The molecule has 10 nitrogen and oxygen atoms in total. The third-order valence-corrected chi connectivity index (χ3v) is 6.13. The quantitative estimate of drug-likeness (QED) is 0.487. The van der Waals surface area contributed by atoms with Gasteiger partial charge in [-0.1, -0.05) is 35.9 Å². The number of esters is 1. The zero-order chi connectivity index (χ0) is 26.5. The molecule has 10 heteroatoms. The Morgan fingerprint density at radius 1 is 1.11 bits per heavy atom. The second-order valence-electron chi connectivity index (χ2n) is 8.80.